The summed E-state index contributed by atoms with van der Waals surface area (Å²) in [5, 5.41) is 28.9. The van der Waals surface area contributed by atoms with Gasteiger partial charge in [-0.1, -0.05) is 0 Å². The SMILES string of the molecule is CC(C)(O)c1nc(B(O)O)cs1. The molecule has 1 aromatic heterocycles. The van der Waals surface area contributed by atoms with E-state index in [0.717, 1.165) is 0 Å². The maximum Gasteiger partial charge on any atom is 0.509 e. The molecule has 0 saturated carbocycles. The van der Waals surface area contributed by atoms with Gasteiger partial charge in [0.15, 0.2) is 0 Å². The van der Waals surface area contributed by atoms with E-state index < -0.39 is 12.7 Å². The van der Waals surface area contributed by atoms with E-state index in [0.29, 0.717) is 5.01 Å². The van der Waals surface area contributed by atoms with Gasteiger partial charge in [0.25, 0.3) is 0 Å². The van der Waals surface area contributed by atoms with E-state index in [-0.39, 0.29) is 5.59 Å². The van der Waals surface area contributed by atoms with Crippen molar-refractivity contribution in [1.82, 2.24) is 4.98 Å². The molecular weight excluding hydrogens is 177 g/mol. The summed E-state index contributed by atoms with van der Waals surface area (Å²) in [6.07, 6.45) is 0. The Labute approximate surface area is 74.7 Å². The lowest BCUT2D eigenvalue weighted by Gasteiger charge is -2.12. The van der Waals surface area contributed by atoms with Gasteiger partial charge in [0.2, 0.25) is 0 Å². The molecule has 12 heavy (non-hydrogen) atoms. The largest absolute Gasteiger partial charge is 0.509 e. The molecule has 0 aliphatic heterocycles. The van der Waals surface area contributed by atoms with Gasteiger partial charge in [0.05, 0.1) is 5.59 Å². The van der Waals surface area contributed by atoms with Gasteiger partial charge in [-0.25, -0.2) is 4.98 Å². The van der Waals surface area contributed by atoms with Crippen LogP contribution in [0.15, 0.2) is 5.38 Å². The number of aliphatic hydroxyl groups is 1. The van der Waals surface area contributed by atoms with Crippen LogP contribution in [-0.2, 0) is 5.60 Å². The molecule has 0 saturated heterocycles. The molecule has 4 nitrogen and oxygen atoms in total. The Balaban J connectivity index is 2.92. The van der Waals surface area contributed by atoms with Crippen molar-refractivity contribution in [2.45, 2.75) is 19.4 Å². The summed E-state index contributed by atoms with van der Waals surface area (Å²) in [6.45, 7) is 3.19. The van der Waals surface area contributed by atoms with Crippen molar-refractivity contribution in [2.24, 2.45) is 0 Å². The molecule has 0 amide bonds. The second kappa shape index (κ2) is 3.14. The Hall–Kier alpha value is -0.425. The topological polar surface area (TPSA) is 73.6 Å². The highest BCUT2D eigenvalue weighted by atomic mass is 32.1. The molecule has 0 aromatic carbocycles. The van der Waals surface area contributed by atoms with Crippen molar-refractivity contribution in [2.75, 3.05) is 0 Å². The smallest absolute Gasteiger partial charge is 0.422 e. The molecular formula is C6H10BNO3S. The predicted octanol–water partition coefficient (Wildman–Crippen LogP) is -0.950. The summed E-state index contributed by atoms with van der Waals surface area (Å²) in [7, 11) is -1.56. The van der Waals surface area contributed by atoms with Gasteiger partial charge >= 0.3 is 7.12 Å². The van der Waals surface area contributed by atoms with Crippen LogP contribution in [0.3, 0.4) is 0 Å². The maximum absolute atomic E-state index is 9.47. The van der Waals surface area contributed by atoms with Gasteiger partial charge in [-0.05, 0) is 13.8 Å². The first kappa shape index (κ1) is 9.66. The van der Waals surface area contributed by atoms with Crippen LogP contribution in [0.25, 0.3) is 0 Å². The van der Waals surface area contributed by atoms with Gasteiger partial charge in [0.1, 0.15) is 10.6 Å². The van der Waals surface area contributed by atoms with Gasteiger partial charge in [-0.3, -0.25) is 0 Å². The molecule has 0 aliphatic carbocycles. The molecule has 0 bridgehead atoms. The fourth-order valence-electron chi connectivity index (χ4n) is 0.686. The Morgan fingerprint density at radius 3 is 2.33 bits per heavy atom. The molecule has 0 atom stereocenters. The molecule has 1 aromatic rings. The van der Waals surface area contributed by atoms with Crippen LogP contribution in [0.1, 0.15) is 18.9 Å². The third kappa shape index (κ3) is 2.04. The average molecular weight is 187 g/mol. The summed E-state index contributed by atoms with van der Waals surface area (Å²) in [6, 6.07) is 0. The summed E-state index contributed by atoms with van der Waals surface area (Å²) in [5.41, 5.74) is -0.838. The highest BCUT2D eigenvalue weighted by molar-refractivity contribution is 7.10. The van der Waals surface area contributed by atoms with E-state index in [2.05, 4.69) is 4.98 Å². The number of rotatable bonds is 2. The van der Waals surface area contributed by atoms with Crippen LogP contribution in [0.4, 0.5) is 0 Å². The zero-order valence-electron chi connectivity index (χ0n) is 6.85. The molecule has 0 aliphatic rings. The fraction of sp³-hybridized carbons (Fsp3) is 0.500. The van der Waals surface area contributed by atoms with Crippen LogP contribution in [-0.4, -0.2) is 27.3 Å². The van der Waals surface area contributed by atoms with Crippen molar-refractivity contribution >= 4 is 24.0 Å². The molecule has 0 spiro atoms. The quantitative estimate of drug-likeness (QED) is 0.522. The Kier molecular flexibility index (Phi) is 2.53. The molecule has 1 rings (SSSR count). The molecule has 0 fully saturated rings. The highest BCUT2D eigenvalue weighted by Gasteiger charge is 2.23. The number of hydrogen-bond acceptors (Lipinski definition) is 5. The van der Waals surface area contributed by atoms with Crippen LogP contribution in [0, 0.1) is 0 Å². The minimum absolute atomic E-state index is 0.178. The second-order valence-electron chi connectivity index (χ2n) is 3.01. The fourth-order valence-corrected chi connectivity index (χ4v) is 1.54. The Morgan fingerprint density at radius 1 is 1.50 bits per heavy atom. The van der Waals surface area contributed by atoms with Crippen molar-refractivity contribution in [3.05, 3.63) is 10.4 Å². The number of hydrogen-bond donors (Lipinski definition) is 3. The zero-order chi connectivity index (χ0) is 9.35. The first-order chi connectivity index (χ1) is 5.41. The van der Waals surface area contributed by atoms with Gasteiger partial charge in [0, 0.05) is 5.38 Å². The zero-order valence-corrected chi connectivity index (χ0v) is 7.67. The summed E-state index contributed by atoms with van der Waals surface area (Å²) < 4.78 is 0. The van der Waals surface area contributed by atoms with Crippen molar-refractivity contribution in [3.63, 3.8) is 0 Å². The van der Waals surface area contributed by atoms with Gasteiger partial charge < -0.3 is 15.2 Å². The van der Waals surface area contributed by atoms with Crippen LogP contribution >= 0.6 is 11.3 Å². The second-order valence-corrected chi connectivity index (χ2v) is 3.87. The lowest BCUT2D eigenvalue weighted by atomic mass is 9.87. The average Bonchev–Trinajstić information content (AvgIpc) is 2.30. The van der Waals surface area contributed by atoms with E-state index in [4.69, 9.17) is 10.0 Å². The number of aromatic nitrogens is 1. The van der Waals surface area contributed by atoms with E-state index >= 15 is 0 Å². The summed E-state index contributed by atoms with van der Waals surface area (Å²) in [4.78, 5) is 3.85. The molecule has 0 unspecified atom stereocenters. The van der Waals surface area contributed by atoms with Gasteiger partial charge in [-0.2, -0.15) is 0 Å². The normalized spacial score (nSPS) is 11.8. The first-order valence-corrected chi connectivity index (χ1v) is 4.33. The van der Waals surface area contributed by atoms with Crippen molar-refractivity contribution in [3.8, 4) is 0 Å². The van der Waals surface area contributed by atoms with Gasteiger partial charge in [-0.15, -0.1) is 11.3 Å². The molecule has 1 heterocycles. The first-order valence-electron chi connectivity index (χ1n) is 3.45. The van der Waals surface area contributed by atoms with Crippen molar-refractivity contribution in [1.29, 1.82) is 0 Å². The van der Waals surface area contributed by atoms with E-state index in [1.165, 1.54) is 16.7 Å². The predicted molar refractivity (Wildman–Crippen MR) is 47.2 cm³/mol. The maximum atomic E-state index is 9.47. The van der Waals surface area contributed by atoms with E-state index in [1.807, 2.05) is 0 Å². The summed E-state index contributed by atoms with van der Waals surface area (Å²) >= 11 is 1.20. The molecule has 0 radical (unpaired) electrons. The standard InChI is InChI=1S/C6H10BNO3S/c1-6(2,9)5-8-4(3-12-5)7(10)11/h3,9-11H,1-2H3. The molecule has 6 heteroatoms. The van der Waals surface area contributed by atoms with Crippen LogP contribution in [0.5, 0.6) is 0 Å². The minimum atomic E-state index is -1.56. The number of nitrogens with zero attached hydrogens (tertiary/aromatic N) is 1. The lowest BCUT2D eigenvalue weighted by molar-refractivity contribution is 0.0784. The summed E-state index contributed by atoms with van der Waals surface area (Å²) in [5.74, 6) is 0. The van der Waals surface area contributed by atoms with Crippen LogP contribution in [0.2, 0.25) is 0 Å². The Bertz CT molecular complexity index is 268. The Morgan fingerprint density at radius 2 is 2.08 bits per heavy atom. The van der Waals surface area contributed by atoms with Crippen molar-refractivity contribution < 1.29 is 15.2 Å². The lowest BCUT2D eigenvalue weighted by Crippen LogP contribution is -2.31. The van der Waals surface area contributed by atoms with Crippen LogP contribution < -0.4 is 5.59 Å². The highest BCUT2D eigenvalue weighted by Crippen LogP contribution is 2.20. The third-order valence-electron chi connectivity index (χ3n) is 1.31. The molecule has 3 N–H and O–H groups in total. The number of thiazole rings is 1. The monoisotopic (exact) mass is 187 g/mol. The minimum Gasteiger partial charge on any atom is -0.422 e. The molecule has 66 valence electrons. The third-order valence-corrected chi connectivity index (χ3v) is 2.48. The van der Waals surface area contributed by atoms with E-state index in [9.17, 15) is 5.11 Å². The van der Waals surface area contributed by atoms with E-state index in [1.54, 1.807) is 13.8 Å².